The van der Waals surface area contributed by atoms with Crippen molar-refractivity contribution in [3.8, 4) is 0 Å². The smallest absolute Gasteiger partial charge is 0.0385 e. The molecular weight excluding hydrogens is 220 g/mol. The van der Waals surface area contributed by atoms with Crippen LogP contribution in [0.3, 0.4) is 0 Å². The Hall–Kier alpha value is -0.860. The summed E-state index contributed by atoms with van der Waals surface area (Å²) >= 11 is 0. The van der Waals surface area contributed by atoms with E-state index in [2.05, 4.69) is 59.7 Å². The summed E-state index contributed by atoms with van der Waals surface area (Å²) < 4.78 is 0. The second kappa shape index (κ2) is 5.85. The maximum atomic E-state index is 5.90. The van der Waals surface area contributed by atoms with E-state index in [-0.39, 0.29) is 0 Å². The molecule has 0 bridgehead atoms. The Morgan fingerprint density at radius 2 is 1.50 bits per heavy atom. The number of hydrogen-bond acceptors (Lipinski definition) is 2. The molecule has 0 aromatic heterocycles. The maximum absolute atomic E-state index is 5.90. The summed E-state index contributed by atoms with van der Waals surface area (Å²) in [7, 11) is 4.29. The van der Waals surface area contributed by atoms with Gasteiger partial charge in [0.25, 0.3) is 0 Å². The zero-order valence-electron chi connectivity index (χ0n) is 13.0. The minimum atomic E-state index is 0.397. The fraction of sp³-hybridized carbons (Fsp3) is 0.625. The number of aryl methyl sites for hydroxylation is 2. The van der Waals surface area contributed by atoms with Crippen molar-refractivity contribution in [3.05, 3.63) is 33.9 Å². The van der Waals surface area contributed by atoms with Gasteiger partial charge < -0.3 is 10.6 Å². The van der Waals surface area contributed by atoms with Crippen LogP contribution in [0.4, 0.5) is 0 Å². The summed E-state index contributed by atoms with van der Waals surface area (Å²) in [5.74, 6) is 0.457. The van der Waals surface area contributed by atoms with E-state index in [0.717, 1.165) is 0 Å². The minimum absolute atomic E-state index is 0.397. The SMILES string of the molecule is Cc1cc(C)c(C)c(C(C(C)CN)N(C)C)c1C. The van der Waals surface area contributed by atoms with E-state index >= 15 is 0 Å². The third-order valence-electron chi connectivity index (χ3n) is 4.19. The standard InChI is InChI=1S/C16H28N2/c1-10-8-11(2)14(5)15(13(10)4)16(18(6)7)12(3)9-17/h8,12,16H,9,17H2,1-7H3. The fourth-order valence-electron chi connectivity index (χ4n) is 2.87. The van der Waals surface area contributed by atoms with E-state index in [1.807, 2.05) is 0 Å². The van der Waals surface area contributed by atoms with Gasteiger partial charge in [-0.2, -0.15) is 0 Å². The summed E-state index contributed by atoms with van der Waals surface area (Å²) in [6.45, 7) is 11.8. The highest BCUT2D eigenvalue weighted by molar-refractivity contribution is 5.46. The molecule has 102 valence electrons. The summed E-state index contributed by atoms with van der Waals surface area (Å²) in [6.07, 6.45) is 0. The number of hydrogen-bond donors (Lipinski definition) is 1. The monoisotopic (exact) mass is 248 g/mol. The lowest BCUT2D eigenvalue weighted by atomic mass is 9.84. The molecule has 2 N–H and O–H groups in total. The van der Waals surface area contributed by atoms with Crippen LogP contribution in [-0.2, 0) is 0 Å². The maximum Gasteiger partial charge on any atom is 0.0385 e. The lowest BCUT2D eigenvalue weighted by Crippen LogP contribution is -2.31. The molecule has 1 aromatic carbocycles. The van der Waals surface area contributed by atoms with Gasteiger partial charge in [-0.3, -0.25) is 0 Å². The molecule has 2 unspecified atom stereocenters. The van der Waals surface area contributed by atoms with Gasteiger partial charge in [0.2, 0.25) is 0 Å². The van der Waals surface area contributed by atoms with Crippen molar-refractivity contribution in [2.45, 2.75) is 40.7 Å². The first-order chi connectivity index (χ1) is 8.31. The largest absolute Gasteiger partial charge is 0.330 e. The molecule has 18 heavy (non-hydrogen) atoms. The second-order valence-corrected chi connectivity index (χ2v) is 5.80. The summed E-state index contributed by atoms with van der Waals surface area (Å²) in [4.78, 5) is 2.30. The lowest BCUT2D eigenvalue weighted by molar-refractivity contribution is 0.226. The Labute approximate surface area is 112 Å². The van der Waals surface area contributed by atoms with Crippen LogP contribution in [0.5, 0.6) is 0 Å². The van der Waals surface area contributed by atoms with Crippen LogP contribution in [0.2, 0.25) is 0 Å². The highest BCUT2D eigenvalue weighted by Crippen LogP contribution is 2.34. The number of nitrogens with two attached hydrogens (primary N) is 1. The van der Waals surface area contributed by atoms with E-state index in [0.29, 0.717) is 18.5 Å². The molecule has 2 atom stereocenters. The van der Waals surface area contributed by atoms with E-state index in [4.69, 9.17) is 5.73 Å². The molecule has 2 nitrogen and oxygen atoms in total. The first kappa shape index (κ1) is 15.2. The summed E-state index contributed by atoms with van der Waals surface area (Å²) in [6, 6.07) is 2.68. The Morgan fingerprint density at radius 1 is 1.06 bits per heavy atom. The third-order valence-corrected chi connectivity index (χ3v) is 4.19. The molecule has 2 heteroatoms. The van der Waals surface area contributed by atoms with E-state index in [1.165, 1.54) is 27.8 Å². The van der Waals surface area contributed by atoms with Gasteiger partial charge in [-0.05, 0) is 82.1 Å². The molecular formula is C16H28N2. The quantitative estimate of drug-likeness (QED) is 0.887. The molecule has 0 saturated heterocycles. The van der Waals surface area contributed by atoms with Crippen LogP contribution in [-0.4, -0.2) is 25.5 Å². The molecule has 0 aliphatic heterocycles. The van der Waals surface area contributed by atoms with Gasteiger partial charge in [0, 0.05) is 6.04 Å². The Morgan fingerprint density at radius 3 is 1.83 bits per heavy atom. The van der Waals surface area contributed by atoms with Crippen LogP contribution in [0, 0.1) is 33.6 Å². The molecule has 1 aromatic rings. The topological polar surface area (TPSA) is 29.3 Å². The highest BCUT2D eigenvalue weighted by Gasteiger charge is 2.25. The minimum Gasteiger partial charge on any atom is -0.330 e. The van der Waals surface area contributed by atoms with Gasteiger partial charge in [-0.15, -0.1) is 0 Å². The highest BCUT2D eigenvalue weighted by atomic mass is 15.1. The van der Waals surface area contributed by atoms with Crippen molar-refractivity contribution in [3.63, 3.8) is 0 Å². The predicted octanol–water partition coefficient (Wildman–Crippen LogP) is 3.12. The Balaban J connectivity index is 3.45. The Bertz CT molecular complexity index is 395. The summed E-state index contributed by atoms with van der Waals surface area (Å²) in [5, 5.41) is 0. The van der Waals surface area contributed by atoms with E-state index in [1.54, 1.807) is 0 Å². The average molecular weight is 248 g/mol. The third kappa shape index (κ3) is 2.76. The molecule has 0 aliphatic rings. The zero-order valence-corrected chi connectivity index (χ0v) is 13.0. The molecule has 0 spiro atoms. The molecule has 0 aliphatic carbocycles. The lowest BCUT2D eigenvalue weighted by Gasteiger charge is -2.33. The van der Waals surface area contributed by atoms with Gasteiger partial charge in [-0.1, -0.05) is 13.0 Å². The van der Waals surface area contributed by atoms with Gasteiger partial charge in [0.1, 0.15) is 0 Å². The molecule has 1 rings (SSSR count). The van der Waals surface area contributed by atoms with Gasteiger partial charge in [0.05, 0.1) is 0 Å². The van der Waals surface area contributed by atoms with Gasteiger partial charge >= 0.3 is 0 Å². The second-order valence-electron chi connectivity index (χ2n) is 5.80. The van der Waals surface area contributed by atoms with E-state index < -0.39 is 0 Å². The molecule has 0 amide bonds. The predicted molar refractivity (Wildman–Crippen MR) is 80.0 cm³/mol. The van der Waals surface area contributed by atoms with Crippen LogP contribution in [0.1, 0.15) is 40.8 Å². The van der Waals surface area contributed by atoms with Crippen molar-refractivity contribution >= 4 is 0 Å². The normalized spacial score (nSPS) is 14.9. The number of benzene rings is 1. The zero-order chi connectivity index (χ0) is 14.0. The van der Waals surface area contributed by atoms with Crippen molar-refractivity contribution < 1.29 is 0 Å². The number of rotatable bonds is 4. The van der Waals surface area contributed by atoms with Crippen LogP contribution < -0.4 is 5.73 Å². The van der Waals surface area contributed by atoms with E-state index in [9.17, 15) is 0 Å². The molecule has 0 radical (unpaired) electrons. The summed E-state index contributed by atoms with van der Waals surface area (Å²) in [5.41, 5.74) is 13.0. The average Bonchev–Trinajstić information content (AvgIpc) is 2.30. The first-order valence-electron chi connectivity index (χ1n) is 6.75. The van der Waals surface area contributed by atoms with Crippen LogP contribution >= 0.6 is 0 Å². The Kier molecular flexibility index (Phi) is 4.94. The van der Waals surface area contributed by atoms with Gasteiger partial charge in [0.15, 0.2) is 0 Å². The van der Waals surface area contributed by atoms with Crippen molar-refractivity contribution in [2.24, 2.45) is 11.7 Å². The van der Waals surface area contributed by atoms with Crippen molar-refractivity contribution in [2.75, 3.05) is 20.6 Å². The fourth-order valence-corrected chi connectivity index (χ4v) is 2.87. The molecule has 0 fully saturated rings. The van der Waals surface area contributed by atoms with Gasteiger partial charge in [-0.25, -0.2) is 0 Å². The molecule has 0 saturated carbocycles. The van der Waals surface area contributed by atoms with Crippen LogP contribution in [0.15, 0.2) is 6.07 Å². The molecule has 0 heterocycles. The number of nitrogens with zero attached hydrogens (tertiary/aromatic N) is 1. The first-order valence-corrected chi connectivity index (χ1v) is 6.75. The van der Waals surface area contributed by atoms with Crippen LogP contribution in [0.25, 0.3) is 0 Å². The van der Waals surface area contributed by atoms with Crippen molar-refractivity contribution in [1.82, 2.24) is 4.90 Å². The van der Waals surface area contributed by atoms with Crippen molar-refractivity contribution in [1.29, 1.82) is 0 Å².